The summed E-state index contributed by atoms with van der Waals surface area (Å²) in [5.74, 6) is 0. The Hall–Kier alpha value is -3.27. The number of benzene rings is 2. The maximum absolute atomic E-state index is 4.41. The van der Waals surface area contributed by atoms with E-state index in [1.807, 2.05) is 72.5 Å². The van der Waals surface area contributed by atoms with E-state index >= 15 is 0 Å². The van der Waals surface area contributed by atoms with E-state index in [-0.39, 0.29) is 0 Å². The van der Waals surface area contributed by atoms with Crippen LogP contribution in [-0.2, 0) is 7.05 Å². The maximum Gasteiger partial charge on any atom is 0.235 e. The van der Waals surface area contributed by atoms with E-state index in [1.54, 1.807) is 0 Å². The number of hydrogen-bond acceptors (Lipinski definition) is 2. The number of nitrogens with zero attached hydrogens (tertiary/aromatic N) is 4. The van der Waals surface area contributed by atoms with Gasteiger partial charge in [0.05, 0.1) is 5.69 Å². The molecule has 2 heterocycles. The fraction of sp³-hybridized carbons (Fsp3) is 0.0500. The van der Waals surface area contributed by atoms with Gasteiger partial charge in [-0.1, -0.05) is 53.7 Å². The molecule has 4 nitrogen and oxygen atoms in total. The molecule has 4 heteroatoms. The van der Waals surface area contributed by atoms with Crippen LogP contribution in [0.2, 0.25) is 0 Å². The third kappa shape index (κ3) is 2.58. The Morgan fingerprint density at radius 3 is 2.33 bits per heavy atom. The first-order valence-electron chi connectivity index (χ1n) is 7.85. The molecule has 0 bridgehead atoms. The quantitative estimate of drug-likeness (QED) is 0.543. The van der Waals surface area contributed by atoms with Gasteiger partial charge in [0.2, 0.25) is 5.69 Å². The van der Waals surface area contributed by atoms with Crippen LogP contribution in [0.5, 0.6) is 0 Å². The molecule has 0 fully saturated rings. The molecule has 0 spiro atoms. The first-order valence-corrected chi connectivity index (χ1v) is 7.85. The molecule has 0 N–H and O–H groups in total. The van der Waals surface area contributed by atoms with Gasteiger partial charge in [0, 0.05) is 12.1 Å². The van der Waals surface area contributed by atoms with Gasteiger partial charge in [0.25, 0.3) is 0 Å². The number of rotatable bonds is 3. The minimum Gasteiger partial charge on any atom is -0.212 e. The monoisotopic (exact) mass is 313 g/mol. The summed E-state index contributed by atoms with van der Waals surface area (Å²) >= 11 is 0. The Morgan fingerprint density at radius 2 is 1.58 bits per heavy atom. The largest absolute Gasteiger partial charge is 0.235 e. The molecular formula is C20H17N4+. The lowest BCUT2D eigenvalue weighted by molar-refractivity contribution is -0.671. The van der Waals surface area contributed by atoms with E-state index in [0.29, 0.717) is 0 Å². The molecule has 0 saturated heterocycles. The van der Waals surface area contributed by atoms with Crippen LogP contribution in [-0.4, -0.2) is 15.0 Å². The summed E-state index contributed by atoms with van der Waals surface area (Å²) in [5.41, 5.74) is 5.07. The van der Waals surface area contributed by atoms with Gasteiger partial charge >= 0.3 is 0 Å². The van der Waals surface area contributed by atoms with Gasteiger partial charge in [-0.25, -0.2) is 4.68 Å². The number of hydrogen-bond donors (Lipinski definition) is 0. The fourth-order valence-electron chi connectivity index (χ4n) is 2.75. The molecule has 24 heavy (non-hydrogen) atoms. The van der Waals surface area contributed by atoms with Crippen LogP contribution in [0, 0.1) is 0 Å². The van der Waals surface area contributed by atoms with Crippen molar-refractivity contribution in [3.8, 4) is 5.69 Å². The summed E-state index contributed by atoms with van der Waals surface area (Å²) in [6, 6.07) is 22.3. The van der Waals surface area contributed by atoms with Crippen molar-refractivity contribution in [1.82, 2.24) is 15.0 Å². The van der Waals surface area contributed by atoms with Crippen LogP contribution in [0.1, 0.15) is 11.3 Å². The molecule has 2 aromatic heterocycles. The molecule has 0 unspecified atom stereocenters. The standard InChI is InChI=1S/C20H17N4/c1-23-15-14-19-20(18(23)13-12-16-8-4-2-5-9-16)21-22-24(19)17-10-6-3-7-11-17/h2-15H,1H3/q+1/b13-12+. The summed E-state index contributed by atoms with van der Waals surface area (Å²) in [6.07, 6.45) is 6.22. The molecule has 0 atom stereocenters. The van der Waals surface area contributed by atoms with Gasteiger partial charge in [-0.3, -0.25) is 0 Å². The van der Waals surface area contributed by atoms with Gasteiger partial charge in [0.1, 0.15) is 12.6 Å². The van der Waals surface area contributed by atoms with Crippen LogP contribution < -0.4 is 4.57 Å². The fourth-order valence-corrected chi connectivity index (χ4v) is 2.75. The summed E-state index contributed by atoms with van der Waals surface area (Å²) in [5, 5.41) is 8.75. The predicted molar refractivity (Wildman–Crippen MR) is 95.4 cm³/mol. The minimum atomic E-state index is 0.885. The Kier molecular flexibility index (Phi) is 3.63. The minimum absolute atomic E-state index is 0.885. The van der Waals surface area contributed by atoms with Crippen molar-refractivity contribution in [3.05, 3.63) is 84.2 Å². The molecule has 4 rings (SSSR count). The lowest BCUT2D eigenvalue weighted by Gasteiger charge is -2.01. The molecule has 2 aromatic carbocycles. The maximum atomic E-state index is 4.41. The van der Waals surface area contributed by atoms with Gasteiger partial charge in [-0.2, -0.15) is 4.57 Å². The summed E-state index contributed by atoms with van der Waals surface area (Å²) in [7, 11) is 2.02. The number of aryl methyl sites for hydroxylation is 1. The van der Waals surface area contributed by atoms with E-state index in [0.717, 1.165) is 28.0 Å². The Bertz CT molecular complexity index is 1000. The Balaban J connectivity index is 1.83. The summed E-state index contributed by atoms with van der Waals surface area (Å²) in [4.78, 5) is 0. The van der Waals surface area contributed by atoms with E-state index in [2.05, 4.69) is 39.2 Å². The first-order chi connectivity index (χ1) is 11.8. The second kappa shape index (κ2) is 6.08. The molecule has 0 saturated carbocycles. The third-order valence-corrected chi connectivity index (χ3v) is 4.02. The molecule has 0 aliphatic heterocycles. The highest BCUT2D eigenvalue weighted by Gasteiger charge is 2.16. The zero-order chi connectivity index (χ0) is 16.4. The van der Waals surface area contributed by atoms with Gasteiger partial charge in [-0.05, 0) is 23.8 Å². The van der Waals surface area contributed by atoms with Crippen molar-refractivity contribution in [1.29, 1.82) is 0 Å². The Morgan fingerprint density at radius 1 is 0.875 bits per heavy atom. The highest BCUT2D eigenvalue weighted by molar-refractivity contribution is 5.85. The summed E-state index contributed by atoms with van der Waals surface area (Å²) in [6.45, 7) is 0. The first kappa shape index (κ1) is 14.3. The van der Waals surface area contributed by atoms with Crippen molar-refractivity contribution in [2.24, 2.45) is 7.05 Å². The van der Waals surface area contributed by atoms with Crippen LogP contribution in [0.25, 0.3) is 28.9 Å². The van der Waals surface area contributed by atoms with Crippen molar-refractivity contribution in [2.75, 3.05) is 0 Å². The number of para-hydroxylation sites is 1. The smallest absolute Gasteiger partial charge is 0.212 e. The van der Waals surface area contributed by atoms with Gasteiger partial charge in [-0.15, -0.1) is 5.10 Å². The predicted octanol–water partition coefficient (Wildman–Crippen LogP) is 3.42. The molecule has 116 valence electrons. The van der Waals surface area contributed by atoms with Crippen LogP contribution >= 0.6 is 0 Å². The zero-order valence-corrected chi connectivity index (χ0v) is 13.4. The van der Waals surface area contributed by atoms with E-state index in [9.17, 15) is 0 Å². The second-order valence-corrected chi connectivity index (χ2v) is 5.63. The van der Waals surface area contributed by atoms with Crippen LogP contribution in [0.15, 0.2) is 72.9 Å². The van der Waals surface area contributed by atoms with Crippen molar-refractivity contribution in [2.45, 2.75) is 0 Å². The van der Waals surface area contributed by atoms with Gasteiger partial charge in [0.15, 0.2) is 11.7 Å². The van der Waals surface area contributed by atoms with Gasteiger partial charge < -0.3 is 0 Å². The zero-order valence-electron chi connectivity index (χ0n) is 13.4. The third-order valence-electron chi connectivity index (χ3n) is 4.02. The van der Waals surface area contributed by atoms with Crippen molar-refractivity contribution < 1.29 is 4.57 Å². The topological polar surface area (TPSA) is 34.6 Å². The lowest BCUT2D eigenvalue weighted by Crippen LogP contribution is -2.31. The second-order valence-electron chi connectivity index (χ2n) is 5.63. The number of aromatic nitrogens is 4. The normalized spacial score (nSPS) is 11.4. The van der Waals surface area contributed by atoms with Crippen molar-refractivity contribution in [3.63, 3.8) is 0 Å². The highest BCUT2D eigenvalue weighted by Crippen LogP contribution is 2.18. The molecule has 0 aliphatic carbocycles. The van der Waals surface area contributed by atoms with Crippen LogP contribution in [0.3, 0.4) is 0 Å². The van der Waals surface area contributed by atoms with Crippen molar-refractivity contribution >= 4 is 23.2 Å². The SMILES string of the molecule is C[n+]1ccc2c(nnn2-c2ccccc2)c1/C=C/c1ccccc1. The van der Waals surface area contributed by atoms with E-state index in [1.165, 1.54) is 0 Å². The number of pyridine rings is 1. The molecule has 0 radical (unpaired) electrons. The molecule has 0 aliphatic rings. The average molecular weight is 313 g/mol. The average Bonchev–Trinajstić information content (AvgIpc) is 3.06. The lowest BCUT2D eigenvalue weighted by atomic mass is 10.2. The number of fused-ring (bicyclic) bond motifs is 1. The summed E-state index contributed by atoms with van der Waals surface area (Å²) < 4.78 is 3.93. The highest BCUT2D eigenvalue weighted by atomic mass is 15.4. The van der Waals surface area contributed by atoms with E-state index < -0.39 is 0 Å². The van der Waals surface area contributed by atoms with E-state index in [4.69, 9.17) is 0 Å². The Labute approximate surface area is 140 Å². The molecule has 4 aromatic rings. The molecular weight excluding hydrogens is 296 g/mol. The van der Waals surface area contributed by atoms with Crippen LogP contribution in [0.4, 0.5) is 0 Å². The molecule has 0 amide bonds.